The second-order valence-corrected chi connectivity index (χ2v) is 5.33. The Bertz CT molecular complexity index is 567. The van der Waals surface area contributed by atoms with E-state index < -0.39 is 0 Å². The molecule has 6 heteroatoms. The Morgan fingerprint density at radius 3 is 2.89 bits per heavy atom. The van der Waals surface area contributed by atoms with Gasteiger partial charge in [-0.2, -0.15) is 0 Å². The van der Waals surface area contributed by atoms with Crippen LogP contribution in [0.5, 0.6) is 0 Å². The summed E-state index contributed by atoms with van der Waals surface area (Å²) in [5.41, 5.74) is 5.89. The second kappa shape index (κ2) is 5.52. The van der Waals surface area contributed by atoms with Gasteiger partial charge in [-0.15, -0.1) is 0 Å². The molecule has 2 rings (SSSR count). The molecule has 1 aliphatic rings. The van der Waals surface area contributed by atoms with Gasteiger partial charge in [-0.25, -0.2) is 0 Å². The van der Waals surface area contributed by atoms with Crippen molar-refractivity contribution in [1.29, 1.82) is 0 Å². The van der Waals surface area contributed by atoms with E-state index in [0.29, 0.717) is 23.6 Å². The highest BCUT2D eigenvalue weighted by Crippen LogP contribution is 2.18. The van der Waals surface area contributed by atoms with Gasteiger partial charge in [0.15, 0.2) is 0 Å². The molecule has 1 aromatic rings. The van der Waals surface area contributed by atoms with Gasteiger partial charge in [0.05, 0.1) is 4.99 Å². The number of hydrogen-bond donors (Lipinski definition) is 1. The number of aromatic nitrogens is 1. The predicted molar refractivity (Wildman–Crippen MR) is 77.1 cm³/mol. The highest BCUT2D eigenvalue weighted by Gasteiger charge is 2.26. The van der Waals surface area contributed by atoms with Crippen molar-refractivity contribution in [3.8, 4) is 0 Å². The highest BCUT2D eigenvalue weighted by atomic mass is 32.1. The first kappa shape index (κ1) is 13.7. The van der Waals surface area contributed by atoms with Crippen LogP contribution < -0.4 is 11.3 Å². The maximum atomic E-state index is 12.3. The molecular formula is C13H17N3O2S. The van der Waals surface area contributed by atoms with E-state index in [9.17, 15) is 9.59 Å². The Morgan fingerprint density at radius 1 is 1.53 bits per heavy atom. The van der Waals surface area contributed by atoms with Gasteiger partial charge >= 0.3 is 0 Å². The Kier molecular flexibility index (Phi) is 3.99. The fraction of sp³-hybridized carbons (Fsp3) is 0.462. The van der Waals surface area contributed by atoms with Crippen LogP contribution in [0.15, 0.2) is 23.1 Å². The van der Waals surface area contributed by atoms with E-state index in [-0.39, 0.29) is 17.4 Å². The molecule has 1 amide bonds. The Morgan fingerprint density at radius 2 is 2.26 bits per heavy atom. The minimum absolute atomic E-state index is 0.0826. The van der Waals surface area contributed by atoms with Gasteiger partial charge in [-0.1, -0.05) is 12.2 Å². The number of hydrogen-bond acceptors (Lipinski definition) is 3. The summed E-state index contributed by atoms with van der Waals surface area (Å²) in [5.74, 6) is -0.0436. The number of likely N-dealkylation sites (tertiary alicyclic amines) is 1. The van der Waals surface area contributed by atoms with Crippen molar-refractivity contribution < 1.29 is 4.79 Å². The summed E-state index contributed by atoms with van der Waals surface area (Å²) in [5, 5.41) is 0. The topological polar surface area (TPSA) is 68.3 Å². The fourth-order valence-corrected chi connectivity index (χ4v) is 2.45. The first-order valence-electron chi connectivity index (χ1n) is 6.24. The quantitative estimate of drug-likeness (QED) is 0.802. The molecule has 1 saturated heterocycles. The number of thiocarbonyl (C=S) groups is 1. The van der Waals surface area contributed by atoms with Crippen LogP contribution in [-0.2, 0) is 7.05 Å². The monoisotopic (exact) mass is 279 g/mol. The smallest absolute Gasteiger partial charge is 0.254 e. The lowest BCUT2D eigenvalue weighted by Gasteiger charge is -2.32. The van der Waals surface area contributed by atoms with E-state index in [1.165, 1.54) is 10.6 Å². The van der Waals surface area contributed by atoms with Gasteiger partial charge in [0, 0.05) is 43.9 Å². The molecule has 0 spiro atoms. The van der Waals surface area contributed by atoms with Crippen LogP contribution in [0.1, 0.15) is 23.2 Å². The zero-order valence-corrected chi connectivity index (χ0v) is 11.7. The largest absolute Gasteiger partial charge is 0.393 e. The maximum absolute atomic E-state index is 12.3. The lowest BCUT2D eigenvalue weighted by molar-refractivity contribution is 0.0703. The third-order valence-electron chi connectivity index (χ3n) is 3.46. The average Bonchev–Trinajstić information content (AvgIpc) is 2.41. The number of nitrogens with two attached hydrogens (primary N) is 1. The molecule has 2 heterocycles. The molecule has 1 aromatic heterocycles. The highest BCUT2D eigenvalue weighted by molar-refractivity contribution is 7.80. The standard InChI is InChI=1S/C13H17N3O2S/c1-15-6-4-9(7-11(15)17)13(18)16-5-2-3-10(8-16)12(14)19/h4,6-7,10H,2-3,5,8H2,1H3,(H2,14,19). The molecule has 0 saturated carbocycles. The number of aryl methyl sites for hydroxylation is 1. The molecule has 5 nitrogen and oxygen atoms in total. The van der Waals surface area contributed by atoms with Crippen LogP contribution in [0.2, 0.25) is 0 Å². The van der Waals surface area contributed by atoms with Crippen LogP contribution >= 0.6 is 12.2 Å². The number of nitrogens with zero attached hydrogens (tertiary/aromatic N) is 2. The van der Waals surface area contributed by atoms with E-state index in [0.717, 1.165) is 12.8 Å². The van der Waals surface area contributed by atoms with Crippen molar-refractivity contribution in [2.24, 2.45) is 18.7 Å². The average molecular weight is 279 g/mol. The summed E-state index contributed by atoms with van der Waals surface area (Å²) >= 11 is 5.00. The van der Waals surface area contributed by atoms with Crippen LogP contribution in [0, 0.1) is 5.92 Å². The van der Waals surface area contributed by atoms with E-state index >= 15 is 0 Å². The Balaban J connectivity index is 2.17. The minimum atomic E-state index is -0.186. The minimum Gasteiger partial charge on any atom is -0.393 e. The zero-order chi connectivity index (χ0) is 14.0. The van der Waals surface area contributed by atoms with Crippen LogP contribution in [-0.4, -0.2) is 33.5 Å². The predicted octanol–water partition coefficient (Wildman–Crippen LogP) is 0.524. The number of pyridine rings is 1. The van der Waals surface area contributed by atoms with Gasteiger partial charge in [0.2, 0.25) is 0 Å². The number of carbonyl (C=O) groups excluding carboxylic acids is 1. The Hall–Kier alpha value is -1.69. The fourth-order valence-electron chi connectivity index (χ4n) is 2.26. The summed E-state index contributed by atoms with van der Waals surface area (Å²) < 4.78 is 1.44. The summed E-state index contributed by atoms with van der Waals surface area (Å²) in [7, 11) is 1.65. The number of rotatable bonds is 2. The third kappa shape index (κ3) is 3.01. The zero-order valence-electron chi connectivity index (χ0n) is 10.8. The number of piperidine rings is 1. The molecule has 0 aromatic carbocycles. The molecule has 1 aliphatic heterocycles. The van der Waals surface area contributed by atoms with Gasteiger partial charge in [0.1, 0.15) is 0 Å². The molecule has 102 valence electrons. The van der Waals surface area contributed by atoms with Crippen molar-refractivity contribution >= 4 is 23.1 Å². The van der Waals surface area contributed by atoms with Crippen molar-refractivity contribution in [2.45, 2.75) is 12.8 Å². The SMILES string of the molecule is Cn1ccc(C(=O)N2CCCC(C(N)=S)C2)cc1=O. The van der Waals surface area contributed by atoms with Crippen LogP contribution in [0.3, 0.4) is 0 Å². The van der Waals surface area contributed by atoms with E-state index in [2.05, 4.69) is 0 Å². The normalized spacial score (nSPS) is 19.2. The first-order chi connectivity index (χ1) is 8.99. The lowest BCUT2D eigenvalue weighted by Crippen LogP contribution is -2.43. The molecular weight excluding hydrogens is 262 g/mol. The molecule has 1 unspecified atom stereocenters. The summed E-state index contributed by atoms with van der Waals surface area (Å²) in [6, 6.07) is 3.03. The van der Waals surface area contributed by atoms with Crippen molar-refractivity contribution in [3.63, 3.8) is 0 Å². The summed E-state index contributed by atoms with van der Waals surface area (Å²) in [6.07, 6.45) is 3.42. The second-order valence-electron chi connectivity index (χ2n) is 4.86. The number of amides is 1. The third-order valence-corrected chi connectivity index (χ3v) is 3.80. The molecule has 0 radical (unpaired) electrons. The molecule has 1 atom stereocenters. The molecule has 0 bridgehead atoms. The first-order valence-corrected chi connectivity index (χ1v) is 6.65. The van der Waals surface area contributed by atoms with Crippen LogP contribution in [0.25, 0.3) is 0 Å². The van der Waals surface area contributed by atoms with Gasteiger partial charge in [0.25, 0.3) is 11.5 Å². The number of carbonyl (C=O) groups is 1. The molecule has 2 N–H and O–H groups in total. The molecule has 0 aliphatic carbocycles. The van der Waals surface area contributed by atoms with E-state index in [1.807, 2.05) is 0 Å². The van der Waals surface area contributed by atoms with Gasteiger partial charge < -0.3 is 15.2 Å². The maximum Gasteiger partial charge on any atom is 0.254 e. The van der Waals surface area contributed by atoms with Crippen molar-refractivity contribution in [2.75, 3.05) is 13.1 Å². The Labute approximate surface area is 117 Å². The van der Waals surface area contributed by atoms with Crippen molar-refractivity contribution in [3.05, 3.63) is 34.2 Å². The van der Waals surface area contributed by atoms with E-state index in [1.54, 1.807) is 24.2 Å². The van der Waals surface area contributed by atoms with E-state index in [4.69, 9.17) is 18.0 Å². The van der Waals surface area contributed by atoms with Gasteiger partial charge in [-0.05, 0) is 18.9 Å². The van der Waals surface area contributed by atoms with Gasteiger partial charge in [-0.3, -0.25) is 9.59 Å². The van der Waals surface area contributed by atoms with Crippen molar-refractivity contribution in [1.82, 2.24) is 9.47 Å². The molecule has 1 fully saturated rings. The molecule has 19 heavy (non-hydrogen) atoms. The summed E-state index contributed by atoms with van der Waals surface area (Å²) in [4.78, 5) is 26.1. The summed E-state index contributed by atoms with van der Waals surface area (Å²) in [6.45, 7) is 1.23. The van der Waals surface area contributed by atoms with Crippen LogP contribution in [0.4, 0.5) is 0 Å². The lowest BCUT2D eigenvalue weighted by atomic mass is 9.97.